The van der Waals surface area contributed by atoms with Crippen molar-refractivity contribution in [3.8, 4) is 0 Å². The molecule has 0 fully saturated rings. The van der Waals surface area contributed by atoms with Crippen LogP contribution in [0.2, 0.25) is 0 Å². The number of anilines is 3. The number of rotatable bonds is 3. The minimum absolute atomic E-state index is 0.498. The number of aromatic nitrogens is 3. The van der Waals surface area contributed by atoms with Crippen molar-refractivity contribution in [1.29, 1.82) is 0 Å². The summed E-state index contributed by atoms with van der Waals surface area (Å²) in [6.45, 7) is 1.37. The number of pyridine rings is 1. The van der Waals surface area contributed by atoms with E-state index in [1.165, 1.54) is 11.8 Å². The molecule has 1 aliphatic heterocycles. The van der Waals surface area contributed by atoms with Crippen LogP contribution in [-0.4, -0.2) is 27.9 Å². The summed E-state index contributed by atoms with van der Waals surface area (Å²) in [5.74, 6) is 1.35. The highest BCUT2D eigenvalue weighted by atomic mass is 32.2. The molecule has 0 spiro atoms. The Kier molecular flexibility index (Phi) is 3.12. The third-order valence-electron chi connectivity index (χ3n) is 2.91. The van der Waals surface area contributed by atoms with E-state index in [4.69, 9.17) is 5.73 Å². The van der Waals surface area contributed by atoms with Gasteiger partial charge in [0.1, 0.15) is 5.69 Å². The molecule has 0 amide bonds. The first-order valence-corrected chi connectivity index (χ1v) is 7.10. The third-order valence-corrected chi connectivity index (χ3v) is 3.45. The van der Waals surface area contributed by atoms with Crippen LogP contribution in [0, 0.1) is 0 Å². The highest BCUT2D eigenvalue weighted by molar-refractivity contribution is 7.98. The first-order valence-electron chi connectivity index (χ1n) is 5.88. The topological polar surface area (TPSA) is 80.0 Å². The Morgan fingerprint density at radius 3 is 3.05 bits per heavy atom. The normalized spacial score (nSPS) is 13.2. The van der Waals surface area contributed by atoms with Gasteiger partial charge in [0.25, 0.3) is 0 Å². The second kappa shape index (κ2) is 4.93. The molecule has 2 aromatic rings. The Labute approximate surface area is 115 Å². The van der Waals surface area contributed by atoms with Crippen LogP contribution in [0.4, 0.5) is 17.3 Å². The lowest BCUT2D eigenvalue weighted by Gasteiger charge is -2.16. The molecule has 0 aliphatic carbocycles. The van der Waals surface area contributed by atoms with Crippen molar-refractivity contribution in [3.05, 3.63) is 30.1 Å². The molecule has 19 heavy (non-hydrogen) atoms. The Bertz CT molecular complexity index is 588. The van der Waals surface area contributed by atoms with E-state index >= 15 is 0 Å². The van der Waals surface area contributed by atoms with Crippen LogP contribution >= 0.6 is 11.8 Å². The van der Waals surface area contributed by atoms with Gasteiger partial charge in [0.2, 0.25) is 0 Å². The van der Waals surface area contributed by atoms with Gasteiger partial charge in [-0.3, -0.25) is 4.98 Å². The predicted octanol–water partition coefficient (Wildman–Crippen LogP) is 1.57. The smallest absolute Gasteiger partial charge is 0.191 e. The molecule has 0 bridgehead atoms. The van der Waals surface area contributed by atoms with Gasteiger partial charge >= 0.3 is 0 Å². The monoisotopic (exact) mass is 274 g/mol. The number of fused-ring (bicyclic) bond motifs is 1. The number of nitrogens with one attached hydrogen (secondary N) is 1. The third kappa shape index (κ3) is 2.28. The van der Waals surface area contributed by atoms with E-state index < -0.39 is 0 Å². The molecular weight excluding hydrogens is 260 g/mol. The van der Waals surface area contributed by atoms with Crippen molar-refractivity contribution >= 4 is 29.1 Å². The second-order valence-electron chi connectivity index (χ2n) is 4.15. The molecule has 7 heteroatoms. The summed E-state index contributed by atoms with van der Waals surface area (Å²) < 4.78 is 0. The zero-order chi connectivity index (χ0) is 13.2. The van der Waals surface area contributed by atoms with Crippen LogP contribution in [0.15, 0.2) is 29.6 Å². The van der Waals surface area contributed by atoms with E-state index in [0.717, 1.165) is 17.2 Å². The fourth-order valence-corrected chi connectivity index (χ4v) is 2.37. The number of hydrogen-bond acceptors (Lipinski definition) is 7. The van der Waals surface area contributed by atoms with Crippen molar-refractivity contribution in [2.24, 2.45) is 0 Å². The summed E-state index contributed by atoms with van der Waals surface area (Å²) in [5, 5.41) is 3.92. The minimum Gasteiger partial charge on any atom is -0.382 e. The van der Waals surface area contributed by atoms with E-state index in [9.17, 15) is 0 Å². The Hall–Kier alpha value is -2.02. The fraction of sp³-hybridized carbons (Fsp3) is 0.250. The average molecular weight is 274 g/mol. The highest BCUT2D eigenvalue weighted by Crippen LogP contribution is 2.35. The number of nitrogens with two attached hydrogens (primary N) is 1. The van der Waals surface area contributed by atoms with Crippen molar-refractivity contribution in [3.63, 3.8) is 0 Å². The van der Waals surface area contributed by atoms with E-state index in [1.807, 2.05) is 24.5 Å². The van der Waals surface area contributed by atoms with Gasteiger partial charge in [0, 0.05) is 6.20 Å². The zero-order valence-electron chi connectivity index (χ0n) is 10.5. The van der Waals surface area contributed by atoms with Gasteiger partial charge in [-0.05, 0) is 18.4 Å². The largest absolute Gasteiger partial charge is 0.382 e. The molecule has 3 N–H and O–H groups in total. The maximum Gasteiger partial charge on any atom is 0.191 e. The first kappa shape index (κ1) is 12.0. The lowest BCUT2D eigenvalue weighted by Crippen LogP contribution is -2.23. The average Bonchev–Trinajstić information content (AvgIpc) is 2.83. The molecular formula is C12H14N6S. The van der Waals surface area contributed by atoms with Crippen molar-refractivity contribution in [2.45, 2.75) is 11.7 Å². The summed E-state index contributed by atoms with van der Waals surface area (Å²) >= 11 is 1.49. The number of nitrogen functional groups attached to an aromatic ring is 1. The number of hydrogen-bond donors (Lipinski definition) is 2. The molecule has 0 saturated carbocycles. The second-order valence-corrected chi connectivity index (χ2v) is 4.92. The highest BCUT2D eigenvalue weighted by Gasteiger charge is 2.24. The van der Waals surface area contributed by atoms with E-state index in [1.54, 1.807) is 6.20 Å². The quantitative estimate of drug-likeness (QED) is 0.649. The molecule has 2 aromatic heterocycles. The van der Waals surface area contributed by atoms with Crippen LogP contribution < -0.4 is 16.0 Å². The van der Waals surface area contributed by atoms with Gasteiger partial charge in [-0.15, -0.1) is 0 Å². The number of thioether (sulfide) groups is 1. The maximum absolute atomic E-state index is 5.93. The van der Waals surface area contributed by atoms with Crippen molar-refractivity contribution < 1.29 is 0 Å². The SMILES string of the molecule is CSc1nc(N)c2c(n1)N(Cc1ccccn1)CN2. The standard InChI is InChI=1S/C12H14N6S/c1-19-12-16-10(13)9-11(17-12)18(7-15-9)6-8-4-2-3-5-14-8/h2-5,15H,6-7H2,1H3,(H2,13,16,17). The lowest BCUT2D eigenvalue weighted by molar-refractivity contribution is 0.818. The van der Waals surface area contributed by atoms with Crippen LogP contribution in [0.25, 0.3) is 0 Å². The molecule has 0 unspecified atom stereocenters. The Balaban J connectivity index is 1.91. The van der Waals surface area contributed by atoms with Gasteiger partial charge in [-0.2, -0.15) is 0 Å². The first-order chi connectivity index (χ1) is 9.28. The molecule has 3 rings (SSSR count). The van der Waals surface area contributed by atoms with Crippen LogP contribution in [0.1, 0.15) is 5.69 Å². The van der Waals surface area contributed by atoms with Crippen molar-refractivity contribution in [1.82, 2.24) is 15.0 Å². The fourth-order valence-electron chi connectivity index (χ4n) is 2.00. The van der Waals surface area contributed by atoms with Crippen LogP contribution in [-0.2, 0) is 6.54 Å². The molecule has 0 aromatic carbocycles. The number of nitrogens with zero attached hydrogens (tertiary/aromatic N) is 4. The van der Waals surface area contributed by atoms with Crippen LogP contribution in [0.3, 0.4) is 0 Å². The van der Waals surface area contributed by atoms with Gasteiger partial charge in [0.15, 0.2) is 16.8 Å². The predicted molar refractivity (Wildman–Crippen MR) is 77.1 cm³/mol. The minimum atomic E-state index is 0.498. The van der Waals surface area contributed by atoms with Crippen molar-refractivity contribution in [2.75, 3.05) is 28.9 Å². The lowest BCUT2D eigenvalue weighted by atomic mass is 10.3. The summed E-state index contributed by atoms with van der Waals surface area (Å²) in [5.41, 5.74) is 7.75. The molecule has 0 radical (unpaired) electrons. The molecule has 1 aliphatic rings. The molecule has 0 atom stereocenters. The Morgan fingerprint density at radius 2 is 2.32 bits per heavy atom. The summed E-state index contributed by atoms with van der Waals surface area (Å²) in [7, 11) is 0. The zero-order valence-corrected chi connectivity index (χ0v) is 11.3. The van der Waals surface area contributed by atoms with Gasteiger partial charge in [0.05, 0.1) is 18.9 Å². The summed E-state index contributed by atoms with van der Waals surface area (Å²) in [6.07, 6.45) is 3.73. The van der Waals surface area contributed by atoms with E-state index in [-0.39, 0.29) is 0 Å². The maximum atomic E-state index is 5.93. The van der Waals surface area contributed by atoms with E-state index in [0.29, 0.717) is 24.2 Å². The molecule has 0 saturated heterocycles. The van der Waals surface area contributed by atoms with Crippen LogP contribution in [0.5, 0.6) is 0 Å². The summed E-state index contributed by atoms with van der Waals surface area (Å²) in [6, 6.07) is 5.89. The van der Waals surface area contributed by atoms with E-state index in [2.05, 4.69) is 25.2 Å². The Morgan fingerprint density at radius 1 is 1.42 bits per heavy atom. The van der Waals surface area contributed by atoms with Gasteiger partial charge < -0.3 is 16.0 Å². The van der Waals surface area contributed by atoms with Gasteiger partial charge in [-0.25, -0.2) is 9.97 Å². The molecule has 3 heterocycles. The molecule has 98 valence electrons. The summed E-state index contributed by atoms with van der Waals surface area (Å²) in [4.78, 5) is 15.2. The molecule has 6 nitrogen and oxygen atoms in total. The van der Waals surface area contributed by atoms with Gasteiger partial charge in [-0.1, -0.05) is 17.8 Å².